The molecule has 3 nitrogen and oxygen atoms in total. The molecule has 0 aromatic heterocycles. The van der Waals surface area contributed by atoms with Crippen molar-refractivity contribution >= 4 is 5.91 Å². The molecule has 4 rings (SSSR count). The molecule has 4 aliphatic carbocycles. The van der Waals surface area contributed by atoms with E-state index in [1.54, 1.807) is 0 Å². The number of rotatable bonds is 3. The Balaban J connectivity index is 1.71. The first-order valence-electron chi connectivity index (χ1n) is 7.27. The number of hydrogen-bond donors (Lipinski definition) is 1. The standard InChI is InChI=1S/C15H22N2O/c1-10(17-14(18)2-3-16)15-7-11-4-12(8-15)6-13(5-11)9-15/h10-13H,2,4-9H2,1H3,(H,17,18). The van der Waals surface area contributed by atoms with E-state index in [9.17, 15) is 4.79 Å². The van der Waals surface area contributed by atoms with Crippen LogP contribution in [0.1, 0.15) is 51.9 Å². The molecule has 1 atom stereocenters. The molecule has 4 bridgehead atoms. The van der Waals surface area contributed by atoms with Gasteiger partial charge in [0.05, 0.1) is 6.07 Å². The van der Waals surface area contributed by atoms with E-state index in [1.165, 1.54) is 38.5 Å². The lowest BCUT2D eigenvalue weighted by Gasteiger charge is -2.59. The molecule has 0 aliphatic heterocycles. The molecule has 0 heterocycles. The van der Waals surface area contributed by atoms with Crippen molar-refractivity contribution in [2.75, 3.05) is 0 Å². The third-order valence-corrected chi connectivity index (χ3v) is 5.62. The normalized spacial score (nSPS) is 42.3. The van der Waals surface area contributed by atoms with Gasteiger partial charge in [0.1, 0.15) is 6.42 Å². The molecule has 0 aromatic carbocycles. The Labute approximate surface area is 109 Å². The van der Waals surface area contributed by atoms with Gasteiger partial charge in [0.15, 0.2) is 0 Å². The van der Waals surface area contributed by atoms with Gasteiger partial charge >= 0.3 is 0 Å². The summed E-state index contributed by atoms with van der Waals surface area (Å²) in [5.41, 5.74) is 0.347. The molecule has 1 unspecified atom stereocenters. The van der Waals surface area contributed by atoms with Gasteiger partial charge in [0.2, 0.25) is 5.91 Å². The maximum atomic E-state index is 11.6. The number of amides is 1. The minimum absolute atomic E-state index is 0.00327. The highest BCUT2D eigenvalue weighted by Gasteiger charge is 2.53. The van der Waals surface area contributed by atoms with Crippen LogP contribution in [0.2, 0.25) is 0 Å². The van der Waals surface area contributed by atoms with Crippen LogP contribution in [0.25, 0.3) is 0 Å². The van der Waals surface area contributed by atoms with Crippen LogP contribution >= 0.6 is 0 Å². The Morgan fingerprint density at radius 2 is 1.78 bits per heavy atom. The van der Waals surface area contributed by atoms with Crippen LogP contribution in [0.4, 0.5) is 0 Å². The maximum Gasteiger partial charge on any atom is 0.234 e. The number of nitrogens with zero attached hydrogens (tertiary/aromatic N) is 1. The van der Waals surface area contributed by atoms with Crippen molar-refractivity contribution in [3.05, 3.63) is 0 Å². The molecular formula is C15H22N2O. The quantitative estimate of drug-likeness (QED) is 0.832. The van der Waals surface area contributed by atoms with Gasteiger partial charge in [0, 0.05) is 6.04 Å². The Kier molecular flexibility index (Phi) is 2.84. The van der Waals surface area contributed by atoms with Crippen molar-refractivity contribution in [2.45, 2.75) is 57.9 Å². The van der Waals surface area contributed by atoms with Crippen molar-refractivity contribution in [3.63, 3.8) is 0 Å². The van der Waals surface area contributed by atoms with Gasteiger partial charge in [-0.1, -0.05) is 0 Å². The SMILES string of the molecule is CC(NC(=O)CC#N)C12CC3CC(CC(C3)C1)C2. The minimum Gasteiger partial charge on any atom is -0.352 e. The van der Waals surface area contributed by atoms with E-state index in [0.29, 0.717) is 5.41 Å². The summed E-state index contributed by atoms with van der Waals surface area (Å²) < 4.78 is 0. The summed E-state index contributed by atoms with van der Waals surface area (Å²) in [6.45, 7) is 2.16. The average Bonchev–Trinajstić information content (AvgIpc) is 2.27. The van der Waals surface area contributed by atoms with E-state index >= 15 is 0 Å². The summed E-state index contributed by atoms with van der Waals surface area (Å²) in [6, 6.07) is 2.18. The second-order valence-electron chi connectivity index (χ2n) is 6.90. The van der Waals surface area contributed by atoms with E-state index in [2.05, 4.69) is 12.2 Å². The highest BCUT2D eigenvalue weighted by atomic mass is 16.1. The van der Waals surface area contributed by atoms with Crippen LogP contribution in [0.5, 0.6) is 0 Å². The van der Waals surface area contributed by atoms with Gasteiger partial charge in [-0.3, -0.25) is 4.79 Å². The second kappa shape index (κ2) is 4.26. The molecule has 18 heavy (non-hydrogen) atoms. The fraction of sp³-hybridized carbons (Fsp3) is 0.867. The fourth-order valence-corrected chi connectivity index (χ4v) is 5.23. The number of nitrogens with one attached hydrogen (secondary N) is 1. The largest absolute Gasteiger partial charge is 0.352 e. The van der Waals surface area contributed by atoms with Crippen molar-refractivity contribution in [2.24, 2.45) is 23.2 Å². The van der Waals surface area contributed by atoms with Gasteiger partial charge in [-0.25, -0.2) is 0 Å². The van der Waals surface area contributed by atoms with Crippen LogP contribution in [0, 0.1) is 34.5 Å². The summed E-state index contributed by atoms with van der Waals surface area (Å²) >= 11 is 0. The summed E-state index contributed by atoms with van der Waals surface area (Å²) in [6.07, 6.45) is 8.18. The number of carbonyl (C=O) groups is 1. The van der Waals surface area contributed by atoms with Gasteiger partial charge in [-0.05, 0) is 68.6 Å². The zero-order chi connectivity index (χ0) is 12.8. The lowest BCUT2D eigenvalue weighted by atomic mass is 9.48. The number of hydrogen-bond acceptors (Lipinski definition) is 2. The molecule has 3 heteroatoms. The molecule has 0 saturated heterocycles. The molecule has 0 aromatic rings. The third-order valence-electron chi connectivity index (χ3n) is 5.62. The third kappa shape index (κ3) is 1.92. The molecule has 1 N–H and O–H groups in total. The Hall–Kier alpha value is -1.04. The van der Waals surface area contributed by atoms with Crippen LogP contribution in [0.3, 0.4) is 0 Å². The molecule has 4 fully saturated rings. The Morgan fingerprint density at radius 3 is 2.22 bits per heavy atom. The molecule has 4 saturated carbocycles. The summed E-state index contributed by atoms with van der Waals surface area (Å²) in [5, 5.41) is 11.6. The molecule has 0 radical (unpaired) electrons. The van der Waals surface area contributed by atoms with Gasteiger partial charge in [0.25, 0.3) is 0 Å². The smallest absolute Gasteiger partial charge is 0.234 e. The highest BCUT2D eigenvalue weighted by Crippen LogP contribution is 2.61. The zero-order valence-electron chi connectivity index (χ0n) is 11.1. The second-order valence-corrected chi connectivity index (χ2v) is 6.90. The number of nitriles is 1. The van der Waals surface area contributed by atoms with Crippen LogP contribution in [0.15, 0.2) is 0 Å². The average molecular weight is 246 g/mol. The highest BCUT2D eigenvalue weighted by molar-refractivity contribution is 5.78. The molecule has 98 valence electrons. The van der Waals surface area contributed by atoms with E-state index in [1.807, 2.05) is 6.07 Å². The number of carbonyl (C=O) groups excluding carboxylic acids is 1. The van der Waals surface area contributed by atoms with Crippen molar-refractivity contribution in [3.8, 4) is 6.07 Å². The molecular weight excluding hydrogens is 224 g/mol. The zero-order valence-corrected chi connectivity index (χ0v) is 11.1. The van der Waals surface area contributed by atoms with Crippen molar-refractivity contribution < 1.29 is 4.79 Å². The van der Waals surface area contributed by atoms with E-state index in [0.717, 1.165) is 17.8 Å². The molecule has 4 aliphatic rings. The fourth-order valence-electron chi connectivity index (χ4n) is 5.23. The van der Waals surface area contributed by atoms with Crippen LogP contribution < -0.4 is 5.32 Å². The predicted molar refractivity (Wildman–Crippen MR) is 68.4 cm³/mol. The molecule has 1 amide bonds. The topological polar surface area (TPSA) is 52.9 Å². The maximum absolute atomic E-state index is 11.6. The lowest BCUT2D eigenvalue weighted by Crippen LogP contribution is -2.55. The van der Waals surface area contributed by atoms with Gasteiger partial charge in [-0.2, -0.15) is 5.26 Å². The van der Waals surface area contributed by atoms with E-state index < -0.39 is 0 Å². The van der Waals surface area contributed by atoms with Crippen LogP contribution in [-0.2, 0) is 4.79 Å². The van der Waals surface area contributed by atoms with E-state index in [-0.39, 0.29) is 18.4 Å². The summed E-state index contributed by atoms with van der Waals surface area (Å²) in [5.74, 6) is 2.63. The first kappa shape index (κ1) is 12.0. The lowest BCUT2D eigenvalue weighted by molar-refractivity contribution is -0.124. The Bertz CT molecular complexity index is 361. The van der Waals surface area contributed by atoms with Crippen molar-refractivity contribution in [1.82, 2.24) is 5.32 Å². The van der Waals surface area contributed by atoms with Gasteiger partial charge in [-0.15, -0.1) is 0 Å². The minimum atomic E-state index is -0.0965. The predicted octanol–water partition coefficient (Wildman–Crippen LogP) is 2.62. The van der Waals surface area contributed by atoms with Gasteiger partial charge < -0.3 is 5.32 Å². The van der Waals surface area contributed by atoms with Crippen LogP contribution in [-0.4, -0.2) is 11.9 Å². The Morgan fingerprint density at radius 1 is 1.28 bits per heavy atom. The first-order valence-corrected chi connectivity index (χ1v) is 7.27. The van der Waals surface area contributed by atoms with E-state index in [4.69, 9.17) is 5.26 Å². The summed E-state index contributed by atoms with van der Waals surface area (Å²) in [7, 11) is 0. The molecule has 0 spiro atoms. The first-order chi connectivity index (χ1) is 8.61. The monoisotopic (exact) mass is 246 g/mol. The summed E-state index contributed by atoms with van der Waals surface area (Å²) in [4.78, 5) is 11.6. The van der Waals surface area contributed by atoms with Crippen molar-refractivity contribution in [1.29, 1.82) is 5.26 Å².